The molecule has 3 heteroatoms. The highest BCUT2D eigenvalue weighted by atomic mass is 15.0. The standard InChI is InChI=1S/C54H47N.C46H31N.C42H29N/c1-32-33(2)55(37-27-28-43-47(30-37)51(54(6,7)8)42-23-15-14-22-41(42)50(43)53(3,4)5)52-44-24-16-12-20-39(44)46-31-45(36-26-25-34-17-9-10-18-35(34)29-36)38-19-11-13-21-40(38)49(46)48(32)52;1-28-29(2)47(37-22-21-34-23-32-13-5-6-14-33(32)25-36(34)26-37)46-41-18-10-8-16-39(41)43-27-42(35-20-19-30-11-3-4-12-31(30)24-35)38-15-7-9-17-40(38)45(43)44(28)46;1-26-27(2)43(33-22-21-29-12-4-6-14-31(29)24-33)42-37-18-10-8-16-35(37)39-25-38(32-20-19-28-11-3-5-13-30(28)23-32)34-15-7-9-17-36(34)41(39)40(26)42/h9-31H,1-8H3;3-27H,1-2H3;3-25H,1-2H3. The first-order chi connectivity index (χ1) is 70.7. The Balaban J connectivity index is 0.000000109. The van der Waals surface area contributed by atoms with Gasteiger partial charge in [0.25, 0.3) is 0 Å². The van der Waals surface area contributed by atoms with Gasteiger partial charge < -0.3 is 13.7 Å². The molecule has 145 heavy (non-hydrogen) atoms. The number of hydrogen-bond acceptors (Lipinski definition) is 0. The van der Waals surface area contributed by atoms with Gasteiger partial charge in [-0.25, -0.2) is 0 Å². The van der Waals surface area contributed by atoms with Gasteiger partial charge in [-0.1, -0.05) is 387 Å². The molecule has 29 rings (SSSR count). The third kappa shape index (κ3) is 13.6. The van der Waals surface area contributed by atoms with Crippen LogP contribution >= 0.6 is 0 Å². The van der Waals surface area contributed by atoms with Gasteiger partial charge in [-0.05, 0) is 365 Å². The van der Waals surface area contributed by atoms with Crippen LogP contribution in [0.1, 0.15) is 86.4 Å². The molecule has 0 radical (unpaired) electrons. The summed E-state index contributed by atoms with van der Waals surface area (Å²) in [6.45, 7) is 28.0. The lowest BCUT2D eigenvalue weighted by atomic mass is 9.74. The maximum atomic E-state index is 2.57. The van der Waals surface area contributed by atoms with Gasteiger partial charge in [0.1, 0.15) is 0 Å². The zero-order valence-electron chi connectivity index (χ0n) is 83.8. The summed E-state index contributed by atoms with van der Waals surface area (Å²) in [5.41, 5.74) is 25.7. The average Bonchev–Trinajstić information content (AvgIpc) is 1.59. The summed E-state index contributed by atoms with van der Waals surface area (Å²) in [6.07, 6.45) is 0. The zero-order valence-corrected chi connectivity index (χ0v) is 83.8. The van der Waals surface area contributed by atoms with Crippen molar-refractivity contribution in [1.29, 1.82) is 0 Å². The first-order valence-corrected chi connectivity index (χ1v) is 51.3. The minimum atomic E-state index is -0.0544. The predicted octanol–water partition coefficient (Wildman–Crippen LogP) is 39.9. The fourth-order valence-corrected chi connectivity index (χ4v) is 25.5. The number of fused-ring (bicyclic) bond motifs is 32. The van der Waals surface area contributed by atoms with E-state index >= 15 is 0 Å². The largest absolute Gasteiger partial charge is 0.313 e. The molecule has 0 bridgehead atoms. The lowest BCUT2D eigenvalue weighted by Crippen LogP contribution is -2.17. The molecule has 0 atom stereocenters. The van der Waals surface area contributed by atoms with Crippen LogP contribution in [0.25, 0.3) is 266 Å². The number of aromatic nitrogens is 3. The molecule has 0 N–H and O–H groups in total. The number of rotatable bonds is 6. The van der Waals surface area contributed by atoms with Gasteiger partial charge in [-0.3, -0.25) is 0 Å². The molecular formula is C142H107N3. The maximum absolute atomic E-state index is 2.57. The van der Waals surface area contributed by atoms with Crippen molar-refractivity contribution in [3.05, 3.63) is 476 Å². The van der Waals surface area contributed by atoms with Gasteiger partial charge in [0, 0.05) is 66.5 Å². The fourth-order valence-electron chi connectivity index (χ4n) is 25.5. The summed E-state index contributed by atoms with van der Waals surface area (Å²) in [6, 6.07) is 160. The molecule has 0 amide bonds. The van der Waals surface area contributed by atoms with Crippen molar-refractivity contribution < 1.29 is 0 Å². The number of benzene rings is 26. The molecule has 0 fully saturated rings. The Morgan fingerprint density at radius 2 is 0.379 bits per heavy atom. The van der Waals surface area contributed by atoms with E-state index in [4.69, 9.17) is 0 Å². The van der Waals surface area contributed by atoms with Crippen molar-refractivity contribution in [2.45, 2.75) is 93.9 Å². The van der Waals surface area contributed by atoms with Crippen molar-refractivity contribution in [3.8, 4) is 50.4 Å². The quantitative estimate of drug-likeness (QED) is 0.116. The normalized spacial score (nSPS) is 12.3. The smallest absolute Gasteiger partial charge is 0.0619 e. The SMILES string of the molecule is Cc1c(C)n(-c2ccc3c(C(C)(C)C)c4ccccc4c(C(C)(C)C)c3c2)c2c3ccccc3c3cc(-c4ccc5ccccc5c4)c4ccccc4c3c12.Cc1c(C)n(-c2ccc3cc4ccccc4cc3c2)c2c3ccccc3c3cc(-c4ccc5ccccc5c4)c4ccccc4c3c12.Cc1c(C)n(-c2ccc3ccccc3c2)c2c3ccccc3c3cc(-c4ccc5ccccc5c4)c4ccccc4c3c12. The first kappa shape index (κ1) is 86.8. The van der Waals surface area contributed by atoms with E-state index in [1.54, 1.807) is 0 Å². The zero-order chi connectivity index (χ0) is 97.8. The molecule has 26 aromatic carbocycles. The van der Waals surface area contributed by atoms with Crippen molar-refractivity contribution in [2.24, 2.45) is 0 Å². The Bertz CT molecular complexity index is 10600. The Labute approximate surface area is 843 Å². The monoisotopic (exact) mass is 1850 g/mol. The second-order valence-electron chi connectivity index (χ2n) is 42.6. The highest BCUT2D eigenvalue weighted by Gasteiger charge is 2.32. The van der Waals surface area contributed by atoms with Crippen LogP contribution in [0, 0.1) is 41.5 Å². The Morgan fingerprint density at radius 1 is 0.152 bits per heavy atom. The molecule has 3 aromatic heterocycles. The van der Waals surface area contributed by atoms with Crippen LogP contribution in [0.3, 0.4) is 0 Å². The van der Waals surface area contributed by atoms with Crippen LogP contribution < -0.4 is 0 Å². The van der Waals surface area contributed by atoms with Crippen molar-refractivity contribution >= 4 is 216 Å². The van der Waals surface area contributed by atoms with E-state index in [0.717, 1.165) is 0 Å². The van der Waals surface area contributed by atoms with E-state index in [0.29, 0.717) is 0 Å². The molecular weight excluding hydrogens is 1750 g/mol. The van der Waals surface area contributed by atoms with Gasteiger partial charge >= 0.3 is 0 Å². The Kier molecular flexibility index (Phi) is 19.9. The topological polar surface area (TPSA) is 14.8 Å². The predicted molar refractivity (Wildman–Crippen MR) is 630 cm³/mol. The Hall–Kier alpha value is -17.2. The minimum absolute atomic E-state index is 0.0235. The molecule has 0 aliphatic carbocycles. The van der Waals surface area contributed by atoms with Crippen molar-refractivity contribution in [3.63, 3.8) is 0 Å². The van der Waals surface area contributed by atoms with Crippen molar-refractivity contribution in [2.75, 3.05) is 0 Å². The Morgan fingerprint density at radius 3 is 0.717 bits per heavy atom. The summed E-state index contributed by atoms with van der Waals surface area (Å²) >= 11 is 0. The number of aryl methyl sites for hydroxylation is 3. The highest BCUT2D eigenvalue weighted by Crippen LogP contribution is 2.54. The summed E-state index contributed by atoms with van der Waals surface area (Å²) in [4.78, 5) is 0. The van der Waals surface area contributed by atoms with E-state index in [-0.39, 0.29) is 10.8 Å². The summed E-state index contributed by atoms with van der Waals surface area (Å²) < 4.78 is 7.56. The van der Waals surface area contributed by atoms with E-state index in [1.807, 2.05) is 0 Å². The van der Waals surface area contributed by atoms with Gasteiger partial charge in [0.05, 0.1) is 16.6 Å². The van der Waals surface area contributed by atoms with Crippen LogP contribution in [0.15, 0.2) is 431 Å². The lowest BCUT2D eigenvalue weighted by molar-refractivity contribution is 0.593. The van der Waals surface area contributed by atoms with E-state index in [1.165, 1.54) is 311 Å². The molecule has 0 saturated heterocycles. The van der Waals surface area contributed by atoms with E-state index in [9.17, 15) is 0 Å². The highest BCUT2D eigenvalue weighted by molar-refractivity contribution is 6.37. The third-order valence-corrected chi connectivity index (χ3v) is 32.3. The molecule has 0 aliphatic rings. The van der Waals surface area contributed by atoms with E-state index in [2.05, 4.69) is 527 Å². The average molecular weight is 1860 g/mol. The van der Waals surface area contributed by atoms with E-state index < -0.39 is 0 Å². The molecule has 0 aliphatic heterocycles. The molecule has 0 saturated carbocycles. The van der Waals surface area contributed by atoms with Crippen molar-refractivity contribution in [1.82, 2.24) is 13.7 Å². The molecule has 3 heterocycles. The summed E-state index contributed by atoms with van der Waals surface area (Å²) in [5.74, 6) is 0. The van der Waals surface area contributed by atoms with Crippen LogP contribution in [-0.4, -0.2) is 13.7 Å². The fraction of sp³-hybridized carbons (Fsp3) is 0.0986. The van der Waals surface area contributed by atoms with Crippen LogP contribution in [0.4, 0.5) is 0 Å². The molecule has 0 unspecified atom stereocenters. The second kappa shape index (κ2) is 33.2. The summed E-state index contributed by atoms with van der Waals surface area (Å²) in [5, 5.41) is 48.1. The molecule has 0 spiro atoms. The summed E-state index contributed by atoms with van der Waals surface area (Å²) in [7, 11) is 0. The lowest BCUT2D eigenvalue weighted by Gasteiger charge is -2.30. The maximum Gasteiger partial charge on any atom is 0.0619 e. The minimum Gasteiger partial charge on any atom is -0.313 e. The van der Waals surface area contributed by atoms with Crippen LogP contribution in [0.2, 0.25) is 0 Å². The number of hydrogen-bond donors (Lipinski definition) is 0. The van der Waals surface area contributed by atoms with Gasteiger partial charge in [0.15, 0.2) is 0 Å². The second-order valence-corrected chi connectivity index (χ2v) is 42.6. The van der Waals surface area contributed by atoms with Crippen LogP contribution in [0.5, 0.6) is 0 Å². The third-order valence-electron chi connectivity index (χ3n) is 32.3. The molecule has 690 valence electrons. The van der Waals surface area contributed by atoms with Gasteiger partial charge in [-0.15, -0.1) is 0 Å². The van der Waals surface area contributed by atoms with Gasteiger partial charge in [0.2, 0.25) is 0 Å². The molecule has 3 nitrogen and oxygen atoms in total. The number of nitrogens with zero attached hydrogens (tertiary/aromatic N) is 3. The van der Waals surface area contributed by atoms with Crippen LogP contribution in [-0.2, 0) is 10.8 Å². The first-order valence-electron chi connectivity index (χ1n) is 51.3. The molecule has 29 aromatic rings. The van der Waals surface area contributed by atoms with Gasteiger partial charge in [-0.2, -0.15) is 0 Å².